The number of halogens is 1. The van der Waals surface area contributed by atoms with E-state index in [1.807, 2.05) is 10.6 Å². The molecular formula is C11H13BrN4. The average molecular weight is 281 g/mol. The fourth-order valence-electron chi connectivity index (χ4n) is 1.46. The molecule has 0 spiro atoms. The van der Waals surface area contributed by atoms with E-state index in [1.165, 1.54) is 0 Å². The molecule has 2 aromatic rings. The summed E-state index contributed by atoms with van der Waals surface area (Å²) in [5.41, 5.74) is 0.919. The molecule has 4 nitrogen and oxygen atoms in total. The maximum atomic E-state index is 4.15. The lowest BCUT2D eigenvalue weighted by Gasteiger charge is -2.22. The number of pyridine rings is 1. The van der Waals surface area contributed by atoms with Crippen LogP contribution in [0.5, 0.6) is 0 Å². The molecule has 0 fully saturated rings. The van der Waals surface area contributed by atoms with Crippen LogP contribution in [0.2, 0.25) is 0 Å². The summed E-state index contributed by atoms with van der Waals surface area (Å²) in [5, 5.41) is 8.11. The third-order valence-corrected chi connectivity index (χ3v) is 2.67. The monoisotopic (exact) mass is 280 g/mol. The Bertz CT molecular complexity index is 499. The van der Waals surface area contributed by atoms with Gasteiger partial charge in [-0.15, -0.1) is 10.2 Å². The normalized spacial score (nSPS) is 11.8. The van der Waals surface area contributed by atoms with Crippen LogP contribution in [0.4, 0.5) is 0 Å². The number of nitrogens with zero attached hydrogens (tertiary/aromatic N) is 4. The second kappa shape index (κ2) is 3.97. The van der Waals surface area contributed by atoms with Gasteiger partial charge in [-0.05, 0) is 42.8 Å². The fourth-order valence-corrected chi connectivity index (χ4v) is 1.82. The van der Waals surface area contributed by atoms with Crippen LogP contribution in [-0.4, -0.2) is 19.7 Å². The molecule has 2 rings (SSSR count). The highest BCUT2D eigenvalue weighted by Gasteiger charge is 2.18. The zero-order valence-electron chi connectivity index (χ0n) is 9.48. The van der Waals surface area contributed by atoms with Gasteiger partial charge in [0, 0.05) is 28.0 Å². The summed E-state index contributed by atoms with van der Waals surface area (Å²) in [6.07, 6.45) is 5.29. The lowest BCUT2D eigenvalue weighted by atomic mass is 10.1. The summed E-state index contributed by atoms with van der Waals surface area (Å²) in [6.45, 7) is 6.35. The minimum atomic E-state index is -0.0405. The molecule has 0 atom stereocenters. The molecule has 0 aliphatic heterocycles. The quantitative estimate of drug-likeness (QED) is 0.807. The smallest absolute Gasteiger partial charge is 0.165 e. The number of hydrogen-bond acceptors (Lipinski definition) is 3. The first-order chi connectivity index (χ1) is 7.48. The molecule has 0 radical (unpaired) electrons. The van der Waals surface area contributed by atoms with Crippen LogP contribution < -0.4 is 0 Å². The Labute approximate surface area is 103 Å². The van der Waals surface area contributed by atoms with Crippen LogP contribution in [0.25, 0.3) is 11.4 Å². The molecule has 0 amide bonds. The highest BCUT2D eigenvalue weighted by atomic mass is 79.9. The SMILES string of the molecule is CC(C)(C)n1cnnc1-c1cncc(Br)c1. The largest absolute Gasteiger partial charge is 0.308 e. The van der Waals surface area contributed by atoms with E-state index in [0.717, 1.165) is 15.9 Å². The first-order valence-corrected chi connectivity index (χ1v) is 5.79. The van der Waals surface area contributed by atoms with Crippen molar-refractivity contribution in [1.82, 2.24) is 19.7 Å². The van der Waals surface area contributed by atoms with E-state index in [1.54, 1.807) is 18.7 Å². The van der Waals surface area contributed by atoms with Crippen LogP contribution in [0.3, 0.4) is 0 Å². The zero-order valence-corrected chi connectivity index (χ0v) is 11.1. The van der Waals surface area contributed by atoms with E-state index in [9.17, 15) is 0 Å². The summed E-state index contributed by atoms with van der Waals surface area (Å²) in [4.78, 5) is 4.14. The lowest BCUT2D eigenvalue weighted by Crippen LogP contribution is -2.21. The molecule has 16 heavy (non-hydrogen) atoms. The van der Waals surface area contributed by atoms with Gasteiger partial charge in [-0.2, -0.15) is 0 Å². The molecule has 0 aliphatic carbocycles. The van der Waals surface area contributed by atoms with Crippen molar-refractivity contribution >= 4 is 15.9 Å². The molecule has 0 aliphatic rings. The Balaban J connectivity index is 2.53. The molecular weight excluding hydrogens is 268 g/mol. The van der Waals surface area contributed by atoms with Crippen molar-refractivity contribution in [3.05, 3.63) is 29.3 Å². The second-order valence-corrected chi connectivity index (χ2v) is 5.50. The zero-order chi connectivity index (χ0) is 11.8. The van der Waals surface area contributed by atoms with Gasteiger partial charge in [0.1, 0.15) is 6.33 Å². The first kappa shape index (κ1) is 11.3. The van der Waals surface area contributed by atoms with E-state index in [-0.39, 0.29) is 5.54 Å². The highest BCUT2D eigenvalue weighted by molar-refractivity contribution is 9.10. The molecule has 0 N–H and O–H groups in total. The van der Waals surface area contributed by atoms with Gasteiger partial charge in [-0.25, -0.2) is 0 Å². The lowest BCUT2D eigenvalue weighted by molar-refractivity contribution is 0.399. The Morgan fingerprint density at radius 1 is 1.25 bits per heavy atom. The van der Waals surface area contributed by atoms with Gasteiger partial charge in [-0.1, -0.05) is 0 Å². The van der Waals surface area contributed by atoms with Crippen LogP contribution in [0.15, 0.2) is 29.3 Å². The predicted molar refractivity (Wildman–Crippen MR) is 65.9 cm³/mol. The standard InChI is InChI=1S/C11H13BrN4/c1-11(2,3)16-7-14-15-10(16)8-4-9(12)6-13-5-8/h4-7H,1-3H3. The van der Waals surface area contributed by atoms with Crippen molar-refractivity contribution in [2.24, 2.45) is 0 Å². The Morgan fingerprint density at radius 3 is 2.62 bits per heavy atom. The highest BCUT2D eigenvalue weighted by Crippen LogP contribution is 2.24. The van der Waals surface area contributed by atoms with Crippen LogP contribution in [0.1, 0.15) is 20.8 Å². The number of hydrogen-bond donors (Lipinski definition) is 0. The summed E-state index contributed by atoms with van der Waals surface area (Å²) in [5.74, 6) is 0.835. The van der Waals surface area contributed by atoms with Crippen molar-refractivity contribution in [2.75, 3.05) is 0 Å². The minimum Gasteiger partial charge on any atom is -0.308 e. The molecule has 5 heteroatoms. The third-order valence-electron chi connectivity index (χ3n) is 2.23. The second-order valence-electron chi connectivity index (χ2n) is 4.59. The molecule has 0 unspecified atom stereocenters. The summed E-state index contributed by atoms with van der Waals surface area (Å²) >= 11 is 3.40. The van der Waals surface area contributed by atoms with E-state index >= 15 is 0 Å². The maximum Gasteiger partial charge on any atom is 0.165 e. The Morgan fingerprint density at radius 2 is 2.00 bits per heavy atom. The summed E-state index contributed by atoms with van der Waals surface area (Å²) in [7, 11) is 0. The minimum absolute atomic E-state index is 0.0405. The Kier molecular flexibility index (Phi) is 2.80. The topological polar surface area (TPSA) is 43.6 Å². The van der Waals surface area contributed by atoms with E-state index in [2.05, 4.69) is 51.9 Å². The summed E-state index contributed by atoms with van der Waals surface area (Å²) < 4.78 is 2.98. The molecule has 0 saturated heterocycles. The molecule has 2 heterocycles. The van der Waals surface area contributed by atoms with Crippen molar-refractivity contribution in [3.63, 3.8) is 0 Å². The van der Waals surface area contributed by atoms with Crippen LogP contribution in [-0.2, 0) is 5.54 Å². The van der Waals surface area contributed by atoms with Gasteiger partial charge >= 0.3 is 0 Å². The number of rotatable bonds is 1. The van der Waals surface area contributed by atoms with E-state index < -0.39 is 0 Å². The van der Waals surface area contributed by atoms with Gasteiger partial charge in [0.2, 0.25) is 0 Å². The van der Waals surface area contributed by atoms with Crippen molar-refractivity contribution in [2.45, 2.75) is 26.3 Å². The molecule has 0 bridgehead atoms. The van der Waals surface area contributed by atoms with Crippen LogP contribution >= 0.6 is 15.9 Å². The Hall–Kier alpha value is -1.23. The van der Waals surface area contributed by atoms with Gasteiger partial charge in [0.05, 0.1) is 0 Å². The van der Waals surface area contributed by atoms with Crippen LogP contribution in [0, 0.1) is 0 Å². The van der Waals surface area contributed by atoms with Crippen molar-refractivity contribution in [3.8, 4) is 11.4 Å². The van der Waals surface area contributed by atoms with Gasteiger partial charge in [0.15, 0.2) is 5.82 Å². The maximum absolute atomic E-state index is 4.15. The molecule has 2 aromatic heterocycles. The van der Waals surface area contributed by atoms with Crippen molar-refractivity contribution < 1.29 is 0 Å². The van der Waals surface area contributed by atoms with Gasteiger partial charge in [-0.3, -0.25) is 4.98 Å². The van der Waals surface area contributed by atoms with E-state index in [0.29, 0.717) is 0 Å². The first-order valence-electron chi connectivity index (χ1n) is 5.00. The van der Waals surface area contributed by atoms with E-state index in [4.69, 9.17) is 0 Å². The predicted octanol–water partition coefficient (Wildman–Crippen LogP) is 2.86. The number of aromatic nitrogens is 4. The fraction of sp³-hybridized carbons (Fsp3) is 0.364. The molecule has 0 saturated carbocycles. The van der Waals surface area contributed by atoms with Gasteiger partial charge in [0.25, 0.3) is 0 Å². The third kappa shape index (κ3) is 2.14. The summed E-state index contributed by atoms with van der Waals surface area (Å²) in [6, 6.07) is 1.99. The molecule has 0 aromatic carbocycles. The van der Waals surface area contributed by atoms with Gasteiger partial charge < -0.3 is 4.57 Å². The average Bonchev–Trinajstić information content (AvgIpc) is 2.65. The van der Waals surface area contributed by atoms with Crippen molar-refractivity contribution in [1.29, 1.82) is 0 Å². The molecule has 84 valence electrons.